The summed E-state index contributed by atoms with van der Waals surface area (Å²) in [5, 5.41) is 37.1. The molecule has 0 aliphatic carbocycles. The molecule has 0 unspecified atom stereocenters. The van der Waals surface area contributed by atoms with Crippen LogP contribution in [0.5, 0.6) is 0 Å². The minimum atomic E-state index is -1.52. The van der Waals surface area contributed by atoms with Gasteiger partial charge in [0, 0.05) is 13.0 Å². The maximum Gasteiger partial charge on any atom is 0.407 e. The molecule has 1 heterocycles. The smallest absolute Gasteiger partial charge is 0.407 e. The van der Waals surface area contributed by atoms with E-state index in [-0.39, 0.29) is 12.5 Å². The van der Waals surface area contributed by atoms with E-state index in [9.17, 15) is 29.7 Å². The van der Waals surface area contributed by atoms with Gasteiger partial charge in [0.2, 0.25) is 11.8 Å². The SMILES string of the molecule is CCCCCCCCCCCCCCCCN(C(=O)CCCCCCCCCCC)[C@@H]1O[C@H](CO)[C@@H](O)[C@H](O)[C@H]1NC(=O)CNC(=O)OCc1ccccc1. The Morgan fingerprint density at radius 2 is 1.18 bits per heavy atom. The Bertz CT molecular complexity index is 1130. The number of rotatable bonds is 32. The van der Waals surface area contributed by atoms with Crippen LogP contribution in [0.4, 0.5) is 4.79 Å². The van der Waals surface area contributed by atoms with Crippen molar-refractivity contribution in [2.24, 2.45) is 0 Å². The topological polar surface area (TPSA) is 158 Å². The van der Waals surface area contributed by atoms with Crippen molar-refractivity contribution in [3.05, 3.63) is 35.9 Å². The fraction of sp³-hybridized carbons (Fsp3) is 0.795. The summed E-state index contributed by atoms with van der Waals surface area (Å²) in [4.78, 5) is 40.9. The van der Waals surface area contributed by atoms with Gasteiger partial charge in [-0.05, 0) is 18.4 Å². The molecule has 2 rings (SSSR count). The lowest BCUT2D eigenvalue weighted by Crippen LogP contribution is -2.69. The Morgan fingerprint density at radius 3 is 1.69 bits per heavy atom. The predicted octanol–water partition coefficient (Wildman–Crippen LogP) is 8.07. The standard InChI is InChI=1S/C44H77N3O8/c1-3-5-7-9-11-13-14-15-16-17-19-21-23-28-32-47(39(50)31-27-22-20-18-12-10-8-6-4-2)43-40(42(52)41(51)37(34-48)55-43)46-38(49)33-45-44(53)54-35-36-29-25-24-26-30-36/h24-26,29-30,37,40-43,48,51-52H,3-23,27-28,31-35H2,1-2H3,(H,45,53)(H,46,49)/t37-,40-,41-,42-,43-/m1/s1. The monoisotopic (exact) mass is 776 g/mol. The van der Waals surface area contributed by atoms with Crippen molar-refractivity contribution in [1.82, 2.24) is 15.5 Å². The number of carbonyl (C=O) groups is 3. The van der Waals surface area contributed by atoms with Gasteiger partial charge >= 0.3 is 6.09 Å². The highest BCUT2D eigenvalue weighted by molar-refractivity contribution is 5.82. The summed E-state index contributed by atoms with van der Waals surface area (Å²) in [6.45, 7) is 3.84. The van der Waals surface area contributed by atoms with E-state index in [4.69, 9.17) is 9.47 Å². The first-order valence-corrected chi connectivity index (χ1v) is 22.0. The highest BCUT2D eigenvalue weighted by atomic mass is 16.6. The molecule has 0 spiro atoms. The van der Waals surface area contributed by atoms with Crippen LogP contribution < -0.4 is 10.6 Å². The Balaban J connectivity index is 1.96. The third-order valence-corrected chi connectivity index (χ3v) is 10.7. The van der Waals surface area contributed by atoms with E-state index < -0.39 is 55.7 Å². The summed E-state index contributed by atoms with van der Waals surface area (Å²) in [5.41, 5.74) is 0.797. The summed E-state index contributed by atoms with van der Waals surface area (Å²) in [5.74, 6) is -0.795. The molecule has 1 aromatic rings. The molecule has 0 radical (unpaired) electrons. The number of nitrogens with zero attached hydrogens (tertiary/aromatic N) is 1. The van der Waals surface area contributed by atoms with Crippen molar-refractivity contribution in [1.29, 1.82) is 0 Å². The number of benzene rings is 1. The molecule has 316 valence electrons. The van der Waals surface area contributed by atoms with E-state index in [0.29, 0.717) is 13.0 Å². The average molecular weight is 776 g/mol. The Morgan fingerprint density at radius 1 is 0.691 bits per heavy atom. The van der Waals surface area contributed by atoms with Crippen LogP contribution >= 0.6 is 0 Å². The van der Waals surface area contributed by atoms with Crippen molar-refractivity contribution in [3.8, 4) is 0 Å². The number of nitrogens with one attached hydrogen (secondary N) is 2. The lowest BCUT2D eigenvalue weighted by Gasteiger charge is -2.47. The van der Waals surface area contributed by atoms with Gasteiger partial charge in [0.1, 0.15) is 37.5 Å². The van der Waals surface area contributed by atoms with Crippen molar-refractivity contribution in [2.45, 2.75) is 205 Å². The summed E-state index contributed by atoms with van der Waals surface area (Å²) in [7, 11) is 0. The molecule has 1 aromatic carbocycles. The molecule has 5 atom stereocenters. The van der Waals surface area contributed by atoms with E-state index >= 15 is 0 Å². The molecule has 1 aliphatic heterocycles. The quantitative estimate of drug-likeness (QED) is 0.0460. The zero-order valence-corrected chi connectivity index (χ0v) is 34.4. The van der Waals surface area contributed by atoms with E-state index in [1.807, 2.05) is 30.3 Å². The van der Waals surface area contributed by atoms with Crippen LogP contribution in [0.2, 0.25) is 0 Å². The molecule has 11 nitrogen and oxygen atoms in total. The molecule has 0 bridgehead atoms. The molecule has 55 heavy (non-hydrogen) atoms. The van der Waals surface area contributed by atoms with Crippen molar-refractivity contribution in [3.63, 3.8) is 0 Å². The Kier molecular flexibility index (Phi) is 27.6. The summed E-state index contributed by atoms with van der Waals surface area (Å²) in [6.07, 6.45) is 21.2. The number of ether oxygens (including phenoxy) is 2. The second-order valence-corrected chi connectivity index (χ2v) is 15.5. The third kappa shape index (κ3) is 21.4. The molecule has 3 amide bonds. The van der Waals surface area contributed by atoms with E-state index in [2.05, 4.69) is 24.5 Å². The molecule has 1 fully saturated rings. The average Bonchev–Trinajstić information content (AvgIpc) is 3.19. The Hall–Kier alpha value is -2.73. The molecule has 0 saturated carbocycles. The second kappa shape index (κ2) is 31.4. The number of carbonyl (C=O) groups excluding carboxylic acids is 3. The number of amides is 3. The zero-order chi connectivity index (χ0) is 39.9. The zero-order valence-electron chi connectivity index (χ0n) is 34.4. The van der Waals surface area contributed by atoms with Crippen LogP contribution in [0, 0.1) is 0 Å². The summed E-state index contributed by atoms with van der Waals surface area (Å²) < 4.78 is 11.3. The van der Waals surface area contributed by atoms with Gasteiger partial charge in [0.05, 0.1) is 6.61 Å². The van der Waals surface area contributed by atoms with Gasteiger partial charge in [-0.1, -0.05) is 179 Å². The van der Waals surface area contributed by atoms with Gasteiger partial charge in [-0.2, -0.15) is 0 Å². The van der Waals surface area contributed by atoms with Gasteiger partial charge in [-0.15, -0.1) is 0 Å². The van der Waals surface area contributed by atoms with Crippen LogP contribution in [0.1, 0.15) is 174 Å². The molecular formula is C44H77N3O8. The molecule has 1 saturated heterocycles. The van der Waals surface area contributed by atoms with E-state index in [0.717, 1.165) is 56.9 Å². The molecule has 5 N–H and O–H groups in total. The first-order chi connectivity index (χ1) is 26.8. The first-order valence-electron chi connectivity index (χ1n) is 22.0. The molecular weight excluding hydrogens is 698 g/mol. The van der Waals surface area contributed by atoms with Crippen molar-refractivity contribution in [2.75, 3.05) is 19.7 Å². The summed E-state index contributed by atoms with van der Waals surface area (Å²) in [6, 6.07) is 7.96. The van der Waals surface area contributed by atoms with Crippen LogP contribution in [-0.4, -0.2) is 88.4 Å². The molecule has 11 heteroatoms. The highest BCUT2D eigenvalue weighted by Gasteiger charge is 2.48. The van der Waals surface area contributed by atoms with Gasteiger partial charge < -0.3 is 40.3 Å². The van der Waals surface area contributed by atoms with E-state index in [1.54, 1.807) is 4.90 Å². The van der Waals surface area contributed by atoms with Gasteiger partial charge in [-0.3, -0.25) is 9.59 Å². The van der Waals surface area contributed by atoms with E-state index in [1.165, 1.54) is 96.3 Å². The number of hydrogen-bond acceptors (Lipinski definition) is 8. The van der Waals surface area contributed by atoms with Gasteiger partial charge in [0.15, 0.2) is 6.23 Å². The minimum absolute atomic E-state index is 0.0373. The maximum atomic E-state index is 13.9. The number of unbranched alkanes of at least 4 members (excludes halogenated alkanes) is 21. The first kappa shape index (κ1) is 48.4. The lowest BCUT2D eigenvalue weighted by atomic mass is 9.94. The minimum Gasteiger partial charge on any atom is -0.445 e. The Labute approximate surface area is 332 Å². The van der Waals surface area contributed by atoms with Crippen molar-refractivity contribution >= 4 is 17.9 Å². The van der Waals surface area contributed by atoms with Gasteiger partial charge in [-0.25, -0.2) is 4.79 Å². The molecule has 1 aliphatic rings. The van der Waals surface area contributed by atoms with Crippen LogP contribution in [0.15, 0.2) is 30.3 Å². The third-order valence-electron chi connectivity index (χ3n) is 10.7. The van der Waals surface area contributed by atoms with Gasteiger partial charge in [0.25, 0.3) is 0 Å². The van der Waals surface area contributed by atoms with Crippen LogP contribution in [-0.2, 0) is 25.7 Å². The second-order valence-electron chi connectivity index (χ2n) is 15.5. The largest absolute Gasteiger partial charge is 0.445 e. The molecule has 0 aromatic heterocycles. The number of hydrogen-bond donors (Lipinski definition) is 5. The normalized spacial score (nSPS) is 19.5. The predicted molar refractivity (Wildman–Crippen MR) is 218 cm³/mol. The fourth-order valence-corrected chi connectivity index (χ4v) is 7.28. The van der Waals surface area contributed by atoms with Crippen LogP contribution in [0.3, 0.4) is 0 Å². The highest BCUT2D eigenvalue weighted by Crippen LogP contribution is 2.26. The number of aliphatic hydroxyl groups excluding tert-OH is 3. The number of aliphatic hydroxyl groups is 3. The number of alkyl carbamates (subject to hydrolysis) is 1. The van der Waals surface area contributed by atoms with Crippen molar-refractivity contribution < 1.29 is 39.2 Å². The summed E-state index contributed by atoms with van der Waals surface area (Å²) >= 11 is 0. The fourth-order valence-electron chi connectivity index (χ4n) is 7.28. The van der Waals surface area contributed by atoms with Crippen LogP contribution in [0.25, 0.3) is 0 Å². The lowest BCUT2D eigenvalue weighted by molar-refractivity contribution is -0.231. The maximum absolute atomic E-state index is 13.9.